The summed E-state index contributed by atoms with van der Waals surface area (Å²) in [5, 5.41) is 32.8. The van der Waals surface area contributed by atoms with Crippen LogP contribution in [0.2, 0.25) is 0 Å². The fourth-order valence-corrected chi connectivity index (χ4v) is 4.77. The van der Waals surface area contributed by atoms with Crippen LogP contribution in [0.1, 0.15) is 90.2 Å². The molecule has 0 amide bonds. The van der Waals surface area contributed by atoms with Gasteiger partial charge >= 0.3 is 5.56 Å². The van der Waals surface area contributed by atoms with Crippen LogP contribution in [0.5, 0.6) is 0 Å². The van der Waals surface area contributed by atoms with E-state index in [0.29, 0.717) is 6.54 Å². The summed E-state index contributed by atoms with van der Waals surface area (Å²) in [5.41, 5.74) is 3.92. The van der Waals surface area contributed by atoms with Gasteiger partial charge < -0.3 is 31.1 Å². The van der Waals surface area contributed by atoms with Crippen molar-refractivity contribution in [1.82, 2.24) is 19.5 Å². The Morgan fingerprint density at radius 1 is 0.946 bits per heavy atom. The Morgan fingerprint density at radius 2 is 1.54 bits per heavy atom. The number of aromatic nitrogens is 4. The summed E-state index contributed by atoms with van der Waals surface area (Å²) in [6.45, 7) is 2.23. The summed E-state index contributed by atoms with van der Waals surface area (Å²) < 4.78 is 6.53. The Bertz CT molecular complexity index is 1110. The molecule has 0 aliphatic carbocycles. The van der Waals surface area contributed by atoms with Crippen LogP contribution in [-0.2, 0) is 4.74 Å². The Hall–Kier alpha value is -2.54. The summed E-state index contributed by atoms with van der Waals surface area (Å²) in [6, 6.07) is 0. The number of hydrogen-bond acceptors (Lipinski definition) is 10. The van der Waals surface area contributed by atoms with Gasteiger partial charge in [0.1, 0.15) is 23.8 Å². The molecule has 0 unspecified atom stereocenters. The van der Waals surface area contributed by atoms with Gasteiger partial charge in [-0.3, -0.25) is 19.1 Å². The lowest BCUT2D eigenvalue weighted by molar-refractivity contribution is -0.0499. The molecule has 12 heteroatoms. The number of nitrogens with zero attached hydrogens (tertiary/aromatic N) is 3. The van der Waals surface area contributed by atoms with E-state index in [1.165, 1.54) is 57.8 Å². The first-order chi connectivity index (χ1) is 17.9. The highest BCUT2D eigenvalue weighted by Gasteiger charge is 2.44. The highest BCUT2D eigenvalue weighted by atomic mass is 16.6. The number of nitrogen functional groups attached to an aromatic ring is 1. The maximum Gasteiger partial charge on any atom is 0.301 e. The fraction of sp³-hybridized carbons (Fsp3) is 0.760. The van der Waals surface area contributed by atoms with E-state index >= 15 is 0 Å². The summed E-state index contributed by atoms with van der Waals surface area (Å²) in [5.74, 6) is -0.242. The zero-order valence-electron chi connectivity index (χ0n) is 21.7. The maximum atomic E-state index is 13.0. The largest absolute Gasteiger partial charge is 0.394 e. The predicted molar refractivity (Wildman–Crippen MR) is 141 cm³/mol. The summed E-state index contributed by atoms with van der Waals surface area (Å²) in [7, 11) is 0. The minimum atomic E-state index is -1.49. The number of aliphatic hydroxyl groups is 3. The lowest BCUT2D eigenvalue weighted by atomic mass is 10.1. The number of anilines is 2. The number of aliphatic hydroxyl groups excluding tert-OH is 3. The van der Waals surface area contributed by atoms with Gasteiger partial charge in [0.05, 0.1) is 6.61 Å². The number of unbranched alkanes of at least 4 members (excludes halogenated alkanes) is 11. The molecule has 0 radical (unpaired) electrons. The summed E-state index contributed by atoms with van der Waals surface area (Å²) in [6.07, 6.45) is 9.50. The number of ether oxygens (including phenoxy) is 1. The molecule has 0 aromatic carbocycles. The molecule has 12 nitrogen and oxygen atoms in total. The van der Waals surface area contributed by atoms with Gasteiger partial charge in [-0.05, 0) is 6.42 Å². The smallest absolute Gasteiger partial charge is 0.301 e. The van der Waals surface area contributed by atoms with Crippen molar-refractivity contribution < 1.29 is 20.1 Å². The molecule has 3 rings (SSSR count). The molecule has 3 heterocycles. The van der Waals surface area contributed by atoms with Crippen LogP contribution in [0.4, 0.5) is 11.9 Å². The zero-order chi connectivity index (χ0) is 26.8. The lowest BCUT2D eigenvalue weighted by Gasteiger charge is -2.17. The molecule has 2 aromatic heterocycles. The molecule has 0 spiro atoms. The Balaban J connectivity index is 1.53. The van der Waals surface area contributed by atoms with Crippen LogP contribution in [0, 0.1) is 0 Å². The van der Waals surface area contributed by atoms with Gasteiger partial charge in [0, 0.05) is 6.54 Å². The van der Waals surface area contributed by atoms with E-state index < -0.39 is 42.3 Å². The van der Waals surface area contributed by atoms with Crippen LogP contribution < -0.4 is 22.2 Å². The molecule has 0 saturated carbocycles. The predicted octanol–water partition coefficient (Wildman–Crippen LogP) is 1.79. The van der Waals surface area contributed by atoms with Crippen LogP contribution >= 0.6 is 0 Å². The molecule has 7 N–H and O–H groups in total. The van der Waals surface area contributed by atoms with Gasteiger partial charge in [0.15, 0.2) is 11.7 Å². The third-order valence-corrected chi connectivity index (χ3v) is 6.90. The van der Waals surface area contributed by atoms with Crippen molar-refractivity contribution in [1.29, 1.82) is 0 Å². The van der Waals surface area contributed by atoms with Gasteiger partial charge in [-0.25, -0.2) is 4.98 Å². The molecule has 1 fully saturated rings. The third kappa shape index (κ3) is 7.50. The molecule has 2 aromatic rings. The highest BCUT2D eigenvalue weighted by molar-refractivity contribution is 5.76. The first-order valence-electron chi connectivity index (χ1n) is 13.6. The molecule has 208 valence electrons. The van der Waals surface area contributed by atoms with Crippen LogP contribution in [0.25, 0.3) is 11.0 Å². The van der Waals surface area contributed by atoms with Gasteiger partial charge in [0.25, 0.3) is 5.56 Å². The minimum Gasteiger partial charge on any atom is -0.394 e. The Labute approximate surface area is 216 Å². The van der Waals surface area contributed by atoms with Crippen molar-refractivity contribution >= 4 is 22.9 Å². The molecule has 1 saturated heterocycles. The number of H-pyrrole nitrogens is 1. The van der Waals surface area contributed by atoms with Crippen LogP contribution in [0.15, 0.2) is 9.59 Å². The van der Waals surface area contributed by atoms with Crippen molar-refractivity contribution in [2.45, 2.75) is 109 Å². The zero-order valence-corrected chi connectivity index (χ0v) is 21.7. The highest BCUT2D eigenvalue weighted by Crippen LogP contribution is 2.32. The van der Waals surface area contributed by atoms with Crippen LogP contribution in [-0.4, -0.2) is 66.3 Å². The van der Waals surface area contributed by atoms with E-state index in [9.17, 15) is 24.9 Å². The molecule has 0 bridgehead atoms. The second kappa shape index (κ2) is 14.4. The monoisotopic (exact) mass is 522 g/mol. The molecule has 37 heavy (non-hydrogen) atoms. The number of hydrogen-bond donors (Lipinski definition) is 6. The lowest BCUT2D eigenvalue weighted by Crippen LogP contribution is -2.33. The summed E-state index contributed by atoms with van der Waals surface area (Å²) >= 11 is 0. The first kappa shape index (κ1) is 29.0. The number of rotatable bonds is 16. The molecule has 1 aliphatic heterocycles. The number of nitrogens with two attached hydrogens (primary N) is 1. The average Bonchev–Trinajstić information content (AvgIpc) is 3.33. The quantitative estimate of drug-likeness (QED) is 0.177. The Kier molecular flexibility index (Phi) is 11.3. The second-order valence-electron chi connectivity index (χ2n) is 9.80. The van der Waals surface area contributed by atoms with E-state index in [1.54, 1.807) is 0 Å². The van der Waals surface area contributed by atoms with E-state index in [4.69, 9.17) is 10.5 Å². The van der Waals surface area contributed by atoms with Crippen molar-refractivity contribution in [2.24, 2.45) is 0 Å². The van der Waals surface area contributed by atoms with Crippen molar-refractivity contribution in [3.63, 3.8) is 0 Å². The summed E-state index contributed by atoms with van der Waals surface area (Å²) in [4.78, 5) is 36.1. The topological polar surface area (TPSA) is 189 Å². The standard InChI is InChI=1S/C25H42N6O6/c1-2-3-4-5-6-7-8-9-10-11-12-13-14-27-25-29-21(35)17-18(22(36)30-25)31(24(26)28-17)23-20(34)19(33)16(15-32)37-23/h16,19-20,23,32-34H,2-15H2,1H3,(H2,26,28)(H2,27,29,30,35,36)/t16-,19-,20-,23-/m1/s1. The van der Waals surface area contributed by atoms with Gasteiger partial charge in [-0.15, -0.1) is 0 Å². The van der Waals surface area contributed by atoms with E-state index in [-0.39, 0.29) is 22.9 Å². The van der Waals surface area contributed by atoms with E-state index in [0.717, 1.165) is 23.8 Å². The average molecular weight is 523 g/mol. The number of imidazole rings is 1. The van der Waals surface area contributed by atoms with Crippen molar-refractivity contribution in [3.8, 4) is 0 Å². The van der Waals surface area contributed by atoms with Crippen molar-refractivity contribution in [2.75, 3.05) is 24.2 Å². The fourth-order valence-electron chi connectivity index (χ4n) is 4.77. The second-order valence-corrected chi connectivity index (χ2v) is 9.80. The minimum absolute atomic E-state index is 0.0161. The molecule has 4 atom stereocenters. The third-order valence-electron chi connectivity index (χ3n) is 6.90. The van der Waals surface area contributed by atoms with Gasteiger partial charge in [-0.1, -0.05) is 77.6 Å². The first-order valence-corrected chi connectivity index (χ1v) is 13.6. The molecule has 1 aliphatic rings. The molecular formula is C25H42N6O6. The molecular weight excluding hydrogens is 480 g/mol. The Morgan fingerprint density at radius 3 is 2.11 bits per heavy atom. The van der Waals surface area contributed by atoms with Crippen molar-refractivity contribution in [3.05, 3.63) is 20.7 Å². The maximum absolute atomic E-state index is 13.0. The van der Waals surface area contributed by atoms with E-state index in [2.05, 4.69) is 27.2 Å². The van der Waals surface area contributed by atoms with Crippen LogP contribution in [0.3, 0.4) is 0 Å². The SMILES string of the molecule is CCCCCCCCCCCCCCNc1nc(=O)c2nc(N)n([C@@H]3O[C@H](CO)[C@@H](O)[C@H]3O)c2c(=O)[nH]1. The van der Waals surface area contributed by atoms with E-state index in [1.807, 2.05) is 0 Å². The number of fused-ring (bicyclic) bond motifs is 1. The number of aromatic amines is 1. The van der Waals surface area contributed by atoms with Gasteiger partial charge in [-0.2, -0.15) is 4.98 Å². The number of nitrogens with one attached hydrogen (secondary N) is 2. The van der Waals surface area contributed by atoms with Gasteiger partial charge in [0.2, 0.25) is 11.9 Å². The normalized spacial score (nSPS) is 21.6.